The standard InChI is InChI=1S/C23H27BrN2O3/c1-2-3-14-28-19-11-8-17(9-12-19)15-25-26-22(27)16-29-21-13-10-18-6-4-5-7-20(18)23(21)24/h8-13,15H,2-7,14,16H2,1H3,(H,26,27)/b25-15-. The highest BCUT2D eigenvalue weighted by Gasteiger charge is 2.16. The summed E-state index contributed by atoms with van der Waals surface area (Å²) in [6.45, 7) is 2.77. The summed E-state index contributed by atoms with van der Waals surface area (Å²) < 4.78 is 12.3. The van der Waals surface area contributed by atoms with E-state index in [0.717, 1.165) is 48.1 Å². The number of hydrogen-bond donors (Lipinski definition) is 1. The van der Waals surface area contributed by atoms with Crippen LogP contribution in [0.3, 0.4) is 0 Å². The van der Waals surface area contributed by atoms with Crippen molar-refractivity contribution in [2.24, 2.45) is 5.10 Å². The summed E-state index contributed by atoms with van der Waals surface area (Å²) in [5, 5.41) is 3.99. The first kappa shape index (κ1) is 21.4. The van der Waals surface area contributed by atoms with Gasteiger partial charge in [-0.2, -0.15) is 5.10 Å². The second-order valence-corrected chi connectivity index (χ2v) is 7.87. The maximum atomic E-state index is 12.0. The summed E-state index contributed by atoms with van der Waals surface area (Å²) in [5.41, 5.74) is 6.05. The molecule has 0 saturated carbocycles. The molecule has 0 atom stereocenters. The number of hydrazone groups is 1. The largest absolute Gasteiger partial charge is 0.494 e. The van der Waals surface area contributed by atoms with Gasteiger partial charge in [0.15, 0.2) is 6.61 Å². The van der Waals surface area contributed by atoms with Crippen molar-refractivity contribution >= 4 is 28.1 Å². The van der Waals surface area contributed by atoms with Gasteiger partial charge >= 0.3 is 0 Å². The predicted octanol–water partition coefficient (Wildman–Crippen LogP) is 5.04. The van der Waals surface area contributed by atoms with E-state index < -0.39 is 0 Å². The smallest absolute Gasteiger partial charge is 0.277 e. The molecule has 3 rings (SSSR count). The summed E-state index contributed by atoms with van der Waals surface area (Å²) in [7, 11) is 0. The van der Waals surface area contributed by atoms with E-state index in [1.54, 1.807) is 6.21 Å². The lowest BCUT2D eigenvalue weighted by atomic mass is 9.92. The molecule has 1 amide bonds. The molecule has 0 aliphatic heterocycles. The summed E-state index contributed by atoms with van der Waals surface area (Å²) in [6, 6.07) is 11.6. The van der Waals surface area contributed by atoms with Crippen LogP contribution in [0.15, 0.2) is 46.0 Å². The molecule has 1 N–H and O–H groups in total. The molecular weight excluding hydrogens is 432 g/mol. The van der Waals surface area contributed by atoms with Crippen molar-refractivity contribution in [3.05, 3.63) is 57.6 Å². The molecule has 2 aromatic carbocycles. The number of ether oxygens (including phenoxy) is 2. The first-order chi connectivity index (χ1) is 14.2. The zero-order valence-electron chi connectivity index (χ0n) is 16.7. The van der Waals surface area contributed by atoms with Crippen LogP contribution in [0.25, 0.3) is 0 Å². The molecule has 0 heterocycles. The molecule has 1 aliphatic carbocycles. The number of nitrogens with one attached hydrogen (secondary N) is 1. The van der Waals surface area contributed by atoms with E-state index in [4.69, 9.17) is 9.47 Å². The Bertz CT molecular complexity index is 850. The van der Waals surface area contributed by atoms with Crippen LogP contribution < -0.4 is 14.9 Å². The van der Waals surface area contributed by atoms with Crippen LogP contribution in [-0.2, 0) is 17.6 Å². The van der Waals surface area contributed by atoms with E-state index in [-0.39, 0.29) is 12.5 Å². The first-order valence-electron chi connectivity index (χ1n) is 10.1. The Balaban J connectivity index is 1.45. The number of rotatable bonds is 9. The second kappa shape index (κ2) is 11.0. The fourth-order valence-electron chi connectivity index (χ4n) is 3.21. The molecule has 5 nitrogen and oxygen atoms in total. The SMILES string of the molecule is CCCCOc1ccc(/C=N\NC(=O)COc2ccc3c(c2Br)CCCC3)cc1. The number of hydrogen-bond acceptors (Lipinski definition) is 4. The summed E-state index contributed by atoms with van der Waals surface area (Å²) >= 11 is 3.63. The lowest BCUT2D eigenvalue weighted by molar-refractivity contribution is -0.123. The molecule has 0 saturated heterocycles. The molecule has 0 aromatic heterocycles. The molecule has 0 radical (unpaired) electrons. The molecule has 29 heavy (non-hydrogen) atoms. The number of unbranched alkanes of at least 4 members (excludes halogenated alkanes) is 1. The fraction of sp³-hybridized carbons (Fsp3) is 0.391. The van der Waals surface area contributed by atoms with Gasteiger partial charge in [0.05, 0.1) is 17.3 Å². The molecule has 2 aromatic rings. The average Bonchev–Trinajstić information content (AvgIpc) is 2.75. The van der Waals surface area contributed by atoms with Gasteiger partial charge in [0.2, 0.25) is 0 Å². The summed E-state index contributed by atoms with van der Waals surface area (Å²) in [6.07, 6.45) is 8.32. The van der Waals surface area contributed by atoms with Gasteiger partial charge in [-0.1, -0.05) is 19.4 Å². The Kier molecular flexibility index (Phi) is 8.11. The number of carbonyl (C=O) groups is 1. The van der Waals surface area contributed by atoms with Crippen LogP contribution in [0.1, 0.15) is 49.3 Å². The van der Waals surface area contributed by atoms with Gasteiger partial charge in [-0.3, -0.25) is 4.79 Å². The molecule has 1 aliphatic rings. The topological polar surface area (TPSA) is 59.9 Å². The van der Waals surface area contributed by atoms with Crippen molar-refractivity contribution in [2.45, 2.75) is 45.4 Å². The fourth-order valence-corrected chi connectivity index (χ4v) is 3.91. The number of benzene rings is 2. The van der Waals surface area contributed by atoms with Gasteiger partial charge in [-0.15, -0.1) is 0 Å². The van der Waals surface area contributed by atoms with E-state index in [2.05, 4.69) is 39.4 Å². The minimum atomic E-state index is -0.301. The van der Waals surface area contributed by atoms with Crippen molar-refractivity contribution < 1.29 is 14.3 Å². The van der Waals surface area contributed by atoms with Gasteiger partial charge < -0.3 is 9.47 Å². The van der Waals surface area contributed by atoms with Gasteiger partial charge in [-0.25, -0.2) is 5.43 Å². The van der Waals surface area contributed by atoms with Crippen molar-refractivity contribution in [1.82, 2.24) is 5.43 Å². The number of aryl methyl sites for hydroxylation is 1. The summed E-state index contributed by atoms with van der Waals surface area (Å²) in [4.78, 5) is 12.0. The highest BCUT2D eigenvalue weighted by atomic mass is 79.9. The van der Waals surface area contributed by atoms with E-state index in [1.807, 2.05) is 30.3 Å². The highest BCUT2D eigenvalue weighted by Crippen LogP contribution is 2.35. The third kappa shape index (κ3) is 6.32. The van der Waals surface area contributed by atoms with Crippen molar-refractivity contribution in [3.63, 3.8) is 0 Å². The maximum absolute atomic E-state index is 12.0. The van der Waals surface area contributed by atoms with Gasteiger partial charge in [0, 0.05) is 0 Å². The predicted molar refractivity (Wildman–Crippen MR) is 119 cm³/mol. The molecular formula is C23H27BrN2O3. The minimum Gasteiger partial charge on any atom is -0.494 e. The number of nitrogens with zero attached hydrogens (tertiary/aromatic N) is 1. The Morgan fingerprint density at radius 2 is 1.93 bits per heavy atom. The van der Waals surface area contributed by atoms with Crippen molar-refractivity contribution in [3.8, 4) is 11.5 Å². The van der Waals surface area contributed by atoms with Crippen LogP contribution in [0.2, 0.25) is 0 Å². The zero-order valence-corrected chi connectivity index (χ0v) is 18.3. The number of fused-ring (bicyclic) bond motifs is 1. The molecule has 0 fully saturated rings. The maximum Gasteiger partial charge on any atom is 0.277 e. The van der Waals surface area contributed by atoms with Crippen LogP contribution in [0.4, 0.5) is 0 Å². The average molecular weight is 459 g/mol. The van der Waals surface area contributed by atoms with Crippen LogP contribution >= 0.6 is 15.9 Å². The third-order valence-electron chi connectivity index (χ3n) is 4.84. The molecule has 0 spiro atoms. The number of halogens is 1. The van der Waals surface area contributed by atoms with E-state index >= 15 is 0 Å². The number of amides is 1. The lowest BCUT2D eigenvalue weighted by Crippen LogP contribution is -2.24. The van der Waals surface area contributed by atoms with Crippen molar-refractivity contribution in [1.29, 1.82) is 0 Å². The Hall–Kier alpha value is -2.34. The zero-order chi connectivity index (χ0) is 20.5. The van der Waals surface area contributed by atoms with E-state index in [0.29, 0.717) is 5.75 Å². The molecule has 0 unspecified atom stereocenters. The van der Waals surface area contributed by atoms with Crippen LogP contribution in [0, 0.1) is 0 Å². The quantitative estimate of drug-likeness (QED) is 0.325. The molecule has 6 heteroatoms. The molecule has 0 bridgehead atoms. The van der Waals surface area contributed by atoms with Crippen molar-refractivity contribution in [2.75, 3.05) is 13.2 Å². The monoisotopic (exact) mass is 458 g/mol. The Morgan fingerprint density at radius 1 is 1.14 bits per heavy atom. The van der Waals surface area contributed by atoms with Gasteiger partial charge in [0.25, 0.3) is 5.91 Å². The van der Waals surface area contributed by atoms with Crippen LogP contribution in [-0.4, -0.2) is 25.3 Å². The van der Waals surface area contributed by atoms with E-state index in [9.17, 15) is 4.79 Å². The second-order valence-electron chi connectivity index (χ2n) is 7.08. The normalized spacial score (nSPS) is 13.2. The lowest BCUT2D eigenvalue weighted by Gasteiger charge is -2.19. The molecule has 154 valence electrons. The van der Waals surface area contributed by atoms with Gasteiger partial charge in [-0.05, 0) is 95.1 Å². The third-order valence-corrected chi connectivity index (χ3v) is 5.71. The number of carbonyl (C=O) groups excluding carboxylic acids is 1. The van der Waals surface area contributed by atoms with Gasteiger partial charge in [0.1, 0.15) is 11.5 Å². The highest BCUT2D eigenvalue weighted by molar-refractivity contribution is 9.10. The first-order valence-corrected chi connectivity index (χ1v) is 10.9. The minimum absolute atomic E-state index is 0.0844. The van der Waals surface area contributed by atoms with E-state index in [1.165, 1.54) is 24.0 Å². The van der Waals surface area contributed by atoms with Crippen LogP contribution in [0.5, 0.6) is 11.5 Å². The Morgan fingerprint density at radius 3 is 2.72 bits per heavy atom. The Labute approximate surface area is 180 Å². The summed E-state index contributed by atoms with van der Waals surface area (Å²) in [5.74, 6) is 1.23.